The first-order valence-corrected chi connectivity index (χ1v) is 37.7. The summed E-state index contributed by atoms with van der Waals surface area (Å²) >= 11 is 0. The number of allylic oxidation sites excluding steroid dienone is 2. The molecule has 4 aromatic carbocycles. The van der Waals surface area contributed by atoms with E-state index in [1.807, 2.05) is 238 Å². The van der Waals surface area contributed by atoms with E-state index in [-0.39, 0.29) is 33.1 Å². The van der Waals surface area contributed by atoms with E-state index in [4.69, 9.17) is 15.0 Å². The molecule has 0 spiro atoms. The average molecular weight is 1590 g/mol. The molecule has 4 N–H and O–H groups in total. The van der Waals surface area contributed by atoms with Crippen molar-refractivity contribution < 1.29 is 13.2 Å². The molecule has 0 aliphatic carbocycles. The minimum Gasteiger partial charge on any atom is -0.363 e. The molecule has 12 heterocycles. The zero-order valence-electron chi connectivity index (χ0n) is 68.0. The van der Waals surface area contributed by atoms with Gasteiger partial charge in [0.05, 0.1) is 61.9 Å². The summed E-state index contributed by atoms with van der Waals surface area (Å²) in [6, 6.07) is 53.4. The van der Waals surface area contributed by atoms with Gasteiger partial charge in [-0.15, -0.1) is 0 Å². The molecule has 0 saturated heterocycles. The van der Waals surface area contributed by atoms with Crippen LogP contribution in [-0.2, 0) is 0 Å². The maximum absolute atomic E-state index is 15.1. The smallest absolute Gasteiger partial charge is 0.191 e. The van der Waals surface area contributed by atoms with Crippen LogP contribution in [0.25, 0.3) is 124 Å². The first-order chi connectivity index (χ1) is 57.5. The number of aromatic amines is 2. The van der Waals surface area contributed by atoms with E-state index in [2.05, 4.69) is 64.7 Å². The normalized spacial score (nSPS) is 11.5. The fraction of sp³-hybridized carbons (Fsp3) is 0.137. The zero-order valence-corrected chi connectivity index (χ0v) is 68.0. The summed E-state index contributed by atoms with van der Waals surface area (Å²) in [5.74, 6) is 2.74. The Labute approximate surface area is 691 Å². The third kappa shape index (κ3) is 17.6. The molecule has 0 amide bonds. The minimum absolute atomic E-state index is 0.0184. The van der Waals surface area contributed by atoms with Crippen molar-refractivity contribution in [3.05, 3.63) is 306 Å². The lowest BCUT2D eigenvalue weighted by molar-refractivity contribution is 0.623. The Morgan fingerprint density at radius 2 is 0.700 bits per heavy atom. The van der Waals surface area contributed by atoms with Crippen LogP contribution >= 0.6 is 0 Å². The highest BCUT2D eigenvalue weighted by atomic mass is 19.1. The van der Waals surface area contributed by atoms with Gasteiger partial charge in [0.2, 0.25) is 0 Å². The van der Waals surface area contributed by atoms with Gasteiger partial charge in [0.1, 0.15) is 81.9 Å². The van der Waals surface area contributed by atoms with Gasteiger partial charge in [-0.25, -0.2) is 53.0 Å². The molecule has 0 saturated carbocycles. The molecule has 0 atom stereocenters. The van der Waals surface area contributed by atoms with Gasteiger partial charge in [-0.2, -0.15) is 21.0 Å². The topological polar surface area (TPSA) is 301 Å². The highest BCUT2D eigenvalue weighted by Gasteiger charge is 2.25. The van der Waals surface area contributed by atoms with Gasteiger partial charge in [0.25, 0.3) is 0 Å². The highest BCUT2D eigenvalue weighted by molar-refractivity contribution is 5.94. The highest BCUT2D eigenvalue weighted by Crippen LogP contribution is 2.43. The monoisotopic (exact) mass is 1590 g/mol. The molecule has 0 fully saturated rings. The van der Waals surface area contributed by atoms with E-state index in [0.717, 1.165) is 113 Å². The van der Waals surface area contributed by atoms with Gasteiger partial charge < -0.3 is 40.2 Å². The zero-order chi connectivity index (χ0) is 85.7. The van der Waals surface area contributed by atoms with Crippen LogP contribution in [0.15, 0.2) is 216 Å². The number of aryl methyl sites for hydroxylation is 5. The van der Waals surface area contributed by atoms with Gasteiger partial charge in [-0.3, -0.25) is 9.59 Å². The molecule has 2 aliphatic heterocycles. The molecule has 2 aliphatic rings. The Balaban J connectivity index is 0.000000138. The van der Waals surface area contributed by atoms with Crippen LogP contribution in [-0.4, -0.2) is 106 Å². The molecule has 0 unspecified atom stereocenters. The third-order valence-electron chi connectivity index (χ3n) is 19.6. The number of hydrogen-bond acceptors (Lipinski definition) is 20. The molecule has 14 aromatic rings. The molecule has 0 radical (unpaired) electrons. The lowest BCUT2D eigenvalue weighted by Gasteiger charge is -2.20. The first kappa shape index (κ1) is 82.0. The molecule has 10 aromatic heterocycles. The molecular formula is C95H79F3N20O2. The van der Waals surface area contributed by atoms with Gasteiger partial charge in [0.15, 0.2) is 10.9 Å². The molecule has 16 rings (SSSR count). The number of fused-ring (bicyclic) bond motifs is 4. The Morgan fingerprint density at radius 3 is 1.08 bits per heavy atom. The van der Waals surface area contributed by atoms with E-state index in [1.54, 1.807) is 36.5 Å². The number of pyridine rings is 10. The average Bonchev–Trinajstić information content (AvgIpc) is 0.779. The second-order valence-corrected chi connectivity index (χ2v) is 29.4. The van der Waals surface area contributed by atoms with Crippen molar-refractivity contribution in [1.29, 1.82) is 21.0 Å². The van der Waals surface area contributed by atoms with Crippen molar-refractivity contribution in [3.8, 4) is 114 Å². The van der Waals surface area contributed by atoms with E-state index in [1.165, 1.54) is 48.7 Å². The van der Waals surface area contributed by atoms with Crippen molar-refractivity contribution in [2.24, 2.45) is 0 Å². The summed E-state index contributed by atoms with van der Waals surface area (Å²) < 4.78 is 43.0. The van der Waals surface area contributed by atoms with Gasteiger partial charge in [-0.1, -0.05) is 31.4 Å². The molecule has 25 heteroatoms. The molecule has 592 valence electrons. The maximum atomic E-state index is 15.1. The van der Waals surface area contributed by atoms with Crippen molar-refractivity contribution >= 4 is 69.1 Å². The van der Waals surface area contributed by atoms with Crippen LogP contribution in [0.4, 0.5) is 48.1 Å². The molecular weight excluding hydrogens is 1510 g/mol. The summed E-state index contributed by atoms with van der Waals surface area (Å²) in [4.78, 5) is 75.9. The number of anilines is 6. The first-order valence-electron chi connectivity index (χ1n) is 37.7. The molecule has 120 heavy (non-hydrogen) atoms. The lowest BCUT2D eigenvalue weighted by atomic mass is 9.95. The number of nitriles is 4. The predicted molar refractivity (Wildman–Crippen MR) is 471 cm³/mol. The summed E-state index contributed by atoms with van der Waals surface area (Å²) in [7, 11) is 15.4. The minimum atomic E-state index is -0.591. The number of nitrogens with one attached hydrogen (secondary N) is 4. The maximum Gasteiger partial charge on any atom is 0.191 e. The Kier molecular flexibility index (Phi) is 23.6. The van der Waals surface area contributed by atoms with Gasteiger partial charge in [-0.05, 0) is 214 Å². The van der Waals surface area contributed by atoms with Crippen LogP contribution in [0, 0.1) is 97.4 Å². The SMILES string of the molecule is C=C1C=Cc2cc(-c3cc(C)nc(N(C)C)c3)c(-c3ccc(F)c(C#N)c3)nc2N1.C=C1C=Cc2cc(-c3cc(C)nc(N(C)C)c3)c(-c3cccc(C#N)c3F)nc2N1.Cc1cc(-c2cc3c(=O)cc[nH]c3nc2-c2ccc(C)c(C#N)c2)cc(N(C)C)n1.Cc1cc(-c2cc3c(=O)cc[nH]c3nc2-c2ccc(F)c(C#N)c2)cc(N(C)C)n1. The number of halogens is 3. The Bertz CT molecular complexity index is 6690. The summed E-state index contributed by atoms with van der Waals surface area (Å²) in [6.07, 6.45) is 10.8. The Hall–Kier alpha value is -16.0. The quantitative estimate of drug-likeness (QED) is 0.0883. The van der Waals surface area contributed by atoms with Gasteiger partial charge >= 0.3 is 0 Å². The van der Waals surface area contributed by atoms with E-state index in [0.29, 0.717) is 84.4 Å². The van der Waals surface area contributed by atoms with E-state index >= 15 is 4.39 Å². The second kappa shape index (κ2) is 34.6. The van der Waals surface area contributed by atoms with Crippen molar-refractivity contribution in [1.82, 2.24) is 49.8 Å². The lowest BCUT2D eigenvalue weighted by Crippen LogP contribution is -2.11. The van der Waals surface area contributed by atoms with Crippen LogP contribution in [0.1, 0.15) is 61.7 Å². The van der Waals surface area contributed by atoms with Gasteiger partial charge in [0, 0.05) is 171 Å². The number of benzene rings is 4. The number of hydrogen-bond donors (Lipinski definition) is 4. The second-order valence-electron chi connectivity index (χ2n) is 29.4. The fourth-order valence-electron chi connectivity index (χ4n) is 13.6. The van der Waals surface area contributed by atoms with Crippen molar-refractivity contribution in [2.45, 2.75) is 34.6 Å². The largest absolute Gasteiger partial charge is 0.363 e. The fourth-order valence-corrected chi connectivity index (χ4v) is 13.6. The number of aromatic nitrogens is 10. The van der Waals surface area contributed by atoms with Crippen molar-refractivity contribution in [2.75, 3.05) is 86.6 Å². The predicted octanol–water partition coefficient (Wildman–Crippen LogP) is 18.5. The standard InChI is InChI=1S/2C24H20FN5.C24H21N5O.C23H18FN5O/c1-14-5-6-17-11-20(18-9-15(2)27-22(12-18)30(3)4)23(29-24(17)28-14)16-7-8-21(25)19(10-16)13-26;1-14-8-9-16-11-20(18-10-15(2)27-21(12-18)30(3)4)23(29-24(16)28-14)19-7-5-6-17(13-26)22(19)25;1-14-5-6-16(10-18(14)13-25)23-19(12-20-21(30)7-8-26-24(20)28-23)17-9-15(2)27-22(11-17)29(3)4;1-13-8-15(10-21(27-13)29(2)3)17-11-18-20(30)6-7-26-23(18)28-22(17)14-4-5-19(24)16(9-14)12-25/h2*5-12H,1H2,2-4H3,(H,28,29);5-12H,1-4H3,(H,26,28,30);4-11H,1-3H3,(H,26,28,30). The Morgan fingerprint density at radius 1 is 0.350 bits per heavy atom. The van der Waals surface area contributed by atoms with Crippen LogP contribution in [0.3, 0.4) is 0 Å². The van der Waals surface area contributed by atoms with Crippen LogP contribution in [0.5, 0.6) is 0 Å². The molecule has 22 nitrogen and oxygen atoms in total. The number of H-pyrrole nitrogens is 2. The van der Waals surface area contributed by atoms with Crippen LogP contribution in [0.2, 0.25) is 0 Å². The molecule has 0 bridgehead atoms. The number of rotatable bonds is 12. The summed E-state index contributed by atoms with van der Waals surface area (Å²) in [6.45, 7) is 17.5. The summed E-state index contributed by atoms with van der Waals surface area (Å²) in [5, 5.41) is 44.6. The van der Waals surface area contributed by atoms with Crippen LogP contribution < -0.4 is 41.1 Å². The summed E-state index contributed by atoms with van der Waals surface area (Å²) in [5.41, 5.74) is 20.1. The third-order valence-corrected chi connectivity index (χ3v) is 19.6. The van der Waals surface area contributed by atoms with Crippen molar-refractivity contribution in [3.63, 3.8) is 0 Å². The van der Waals surface area contributed by atoms with E-state index in [9.17, 15) is 39.4 Å². The van der Waals surface area contributed by atoms with E-state index < -0.39 is 17.5 Å². The number of nitrogens with zero attached hydrogens (tertiary/aromatic N) is 16.